The topological polar surface area (TPSA) is 66.8 Å². The number of ether oxygens (including phenoxy) is 1. The molecule has 0 radical (unpaired) electrons. The van der Waals surface area contributed by atoms with Gasteiger partial charge in [-0.25, -0.2) is 0 Å². The zero-order valence-electron chi connectivity index (χ0n) is 13.7. The molecule has 25 heavy (non-hydrogen) atoms. The third-order valence-electron chi connectivity index (χ3n) is 3.62. The van der Waals surface area contributed by atoms with E-state index in [9.17, 15) is 9.59 Å². The van der Waals surface area contributed by atoms with Crippen molar-refractivity contribution in [2.45, 2.75) is 25.7 Å². The molecule has 0 aromatic heterocycles. The number of carboxylic acids is 1. The maximum absolute atomic E-state index is 12.6. The van der Waals surface area contributed by atoms with Crippen LogP contribution in [0.5, 0.6) is 5.75 Å². The molecular weight excluding hydrogens is 426 g/mol. The van der Waals surface area contributed by atoms with Gasteiger partial charge in [-0.05, 0) is 37.1 Å². The van der Waals surface area contributed by atoms with Crippen LogP contribution in [0, 0.1) is 0 Å². The largest absolute Gasteiger partial charge is 0.496 e. The predicted octanol–water partition coefficient (Wildman–Crippen LogP) is 4.30. The fraction of sp³-hybridized carbons (Fsp3) is 0.353. The van der Waals surface area contributed by atoms with Crippen molar-refractivity contribution in [1.82, 2.24) is 4.90 Å². The molecule has 0 unspecified atom stereocenters. The zero-order valence-corrected chi connectivity index (χ0v) is 16.9. The first-order valence-electron chi connectivity index (χ1n) is 7.73. The van der Waals surface area contributed by atoms with Crippen molar-refractivity contribution in [2.24, 2.45) is 0 Å². The molecule has 0 spiro atoms. The van der Waals surface area contributed by atoms with Gasteiger partial charge in [0.15, 0.2) is 0 Å². The normalized spacial score (nSPS) is 15.9. The summed E-state index contributed by atoms with van der Waals surface area (Å²) in [5.41, 5.74) is 0.804. The van der Waals surface area contributed by atoms with Gasteiger partial charge in [-0.15, -0.1) is 0 Å². The fourth-order valence-corrected chi connectivity index (χ4v) is 4.05. The summed E-state index contributed by atoms with van der Waals surface area (Å²) in [7, 11) is 1.59. The fourth-order valence-electron chi connectivity index (χ4n) is 2.37. The molecular formula is C17H18BrNO4S2. The van der Waals surface area contributed by atoms with Crippen LogP contribution in [0.2, 0.25) is 0 Å². The lowest BCUT2D eigenvalue weighted by atomic mass is 10.1. The summed E-state index contributed by atoms with van der Waals surface area (Å²) < 4.78 is 6.76. The van der Waals surface area contributed by atoms with Crippen molar-refractivity contribution in [3.05, 3.63) is 33.1 Å². The number of halogens is 1. The Morgan fingerprint density at radius 3 is 2.84 bits per heavy atom. The number of thioether (sulfide) groups is 1. The molecule has 1 aliphatic heterocycles. The van der Waals surface area contributed by atoms with Crippen molar-refractivity contribution in [3.63, 3.8) is 0 Å². The molecule has 1 aliphatic rings. The maximum atomic E-state index is 12.6. The lowest BCUT2D eigenvalue weighted by molar-refractivity contribution is -0.137. The number of hydrogen-bond donors (Lipinski definition) is 1. The molecule has 0 atom stereocenters. The summed E-state index contributed by atoms with van der Waals surface area (Å²) in [4.78, 5) is 25.2. The zero-order chi connectivity index (χ0) is 18.4. The third kappa shape index (κ3) is 5.55. The van der Waals surface area contributed by atoms with E-state index in [1.807, 2.05) is 18.2 Å². The van der Waals surface area contributed by atoms with E-state index in [1.165, 1.54) is 11.8 Å². The number of nitrogens with zero attached hydrogens (tertiary/aromatic N) is 1. The molecule has 134 valence electrons. The number of rotatable bonds is 8. The number of benzene rings is 1. The summed E-state index contributed by atoms with van der Waals surface area (Å²) in [6.45, 7) is 0.511. The average molecular weight is 444 g/mol. The van der Waals surface area contributed by atoms with Crippen LogP contribution in [0.15, 0.2) is 27.6 Å². The van der Waals surface area contributed by atoms with Crippen LogP contribution >= 0.6 is 39.9 Å². The summed E-state index contributed by atoms with van der Waals surface area (Å²) in [6.07, 6.45) is 4.03. The van der Waals surface area contributed by atoms with Gasteiger partial charge in [0.1, 0.15) is 10.1 Å². The molecule has 1 aromatic carbocycles. The van der Waals surface area contributed by atoms with Gasteiger partial charge >= 0.3 is 5.97 Å². The van der Waals surface area contributed by atoms with Gasteiger partial charge in [-0.1, -0.05) is 46.3 Å². The second-order valence-corrected chi connectivity index (χ2v) is 8.02. The standard InChI is InChI=1S/C17H18BrNO4S2/c1-23-13-7-6-12(18)9-11(13)10-14-16(22)19(17(24)25-14)8-4-2-3-5-15(20)21/h6-7,9-10H,2-5,8H2,1H3,(H,20,21). The van der Waals surface area contributed by atoms with E-state index in [-0.39, 0.29) is 12.3 Å². The average Bonchev–Trinajstić information content (AvgIpc) is 2.81. The van der Waals surface area contributed by atoms with Gasteiger partial charge in [0.25, 0.3) is 5.91 Å². The molecule has 1 fully saturated rings. The van der Waals surface area contributed by atoms with Gasteiger partial charge in [0.05, 0.1) is 12.0 Å². The van der Waals surface area contributed by atoms with E-state index >= 15 is 0 Å². The minimum absolute atomic E-state index is 0.115. The maximum Gasteiger partial charge on any atom is 0.303 e. The number of carbonyl (C=O) groups excluding carboxylic acids is 1. The molecule has 0 saturated carbocycles. The Morgan fingerprint density at radius 2 is 2.16 bits per heavy atom. The molecule has 2 rings (SSSR count). The Labute approximate surface area is 164 Å². The van der Waals surface area contributed by atoms with E-state index in [4.69, 9.17) is 22.1 Å². The predicted molar refractivity (Wildman–Crippen MR) is 107 cm³/mol. The third-order valence-corrected chi connectivity index (χ3v) is 5.50. The highest BCUT2D eigenvalue weighted by molar-refractivity contribution is 9.10. The van der Waals surface area contributed by atoms with Crippen LogP contribution in [-0.4, -0.2) is 39.9 Å². The molecule has 1 N–H and O–H groups in total. The van der Waals surface area contributed by atoms with Crippen LogP contribution < -0.4 is 4.74 Å². The molecule has 1 aromatic rings. The Kier molecular flexibility index (Phi) is 7.46. The number of carboxylic acid groups (broad SMARTS) is 1. The second kappa shape index (κ2) is 9.35. The quantitative estimate of drug-likeness (QED) is 0.366. The smallest absolute Gasteiger partial charge is 0.303 e. The minimum atomic E-state index is -0.795. The molecule has 1 amide bonds. The van der Waals surface area contributed by atoms with Crippen LogP contribution in [0.4, 0.5) is 0 Å². The Bertz CT molecular complexity index is 721. The van der Waals surface area contributed by atoms with E-state index in [0.717, 1.165) is 22.9 Å². The molecule has 0 bridgehead atoms. The van der Waals surface area contributed by atoms with Gasteiger partial charge in [0, 0.05) is 23.0 Å². The van der Waals surface area contributed by atoms with Gasteiger partial charge in [-0.2, -0.15) is 0 Å². The number of aliphatic carboxylic acids is 1. The van der Waals surface area contributed by atoms with Gasteiger partial charge < -0.3 is 9.84 Å². The van der Waals surface area contributed by atoms with Crippen LogP contribution in [0.1, 0.15) is 31.2 Å². The summed E-state index contributed by atoms with van der Waals surface area (Å²) in [5, 5.41) is 8.64. The summed E-state index contributed by atoms with van der Waals surface area (Å²) in [6, 6.07) is 5.59. The summed E-state index contributed by atoms with van der Waals surface area (Å²) in [5.74, 6) is -0.228. The number of hydrogen-bond acceptors (Lipinski definition) is 5. The van der Waals surface area contributed by atoms with Crippen LogP contribution in [-0.2, 0) is 9.59 Å². The lowest BCUT2D eigenvalue weighted by Gasteiger charge is -2.13. The first-order valence-corrected chi connectivity index (χ1v) is 9.75. The van der Waals surface area contributed by atoms with Crippen LogP contribution in [0.3, 0.4) is 0 Å². The summed E-state index contributed by atoms with van der Waals surface area (Å²) >= 11 is 10.0. The number of amides is 1. The monoisotopic (exact) mass is 443 g/mol. The van der Waals surface area contributed by atoms with E-state index in [2.05, 4.69) is 15.9 Å². The van der Waals surface area contributed by atoms with Crippen molar-refractivity contribution in [2.75, 3.05) is 13.7 Å². The minimum Gasteiger partial charge on any atom is -0.496 e. The van der Waals surface area contributed by atoms with Crippen LogP contribution in [0.25, 0.3) is 6.08 Å². The highest BCUT2D eigenvalue weighted by Gasteiger charge is 2.31. The number of carbonyl (C=O) groups is 2. The highest BCUT2D eigenvalue weighted by atomic mass is 79.9. The second-order valence-electron chi connectivity index (χ2n) is 5.42. The first kappa shape index (κ1) is 19.9. The molecule has 0 aliphatic carbocycles. The number of unbranched alkanes of at least 4 members (excludes halogenated alkanes) is 2. The van der Waals surface area contributed by atoms with Crippen molar-refractivity contribution in [3.8, 4) is 5.75 Å². The number of thiocarbonyl (C=S) groups is 1. The van der Waals surface area contributed by atoms with E-state index in [0.29, 0.717) is 27.9 Å². The first-order chi connectivity index (χ1) is 11.9. The van der Waals surface area contributed by atoms with Gasteiger partial charge in [-0.3, -0.25) is 14.5 Å². The van der Waals surface area contributed by atoms with Crippen molar-refractivity contribution in [1.29, 1.82) is 0 Å². The van der Waals surface area contributed by atoms with Crippen molar-refractivity contribution >= 4 is 62.2 Å². The lowest BCUT2D eigenvalue weighted by Crippen LogP contribution is -2.29. The van der Waals surface area contributed by atoms with E-state index in [1.54, 1.807) is 18.1 Å². The van der Waals surface area contributed by atoms with Gasteiger partial charge in [0.2, 0.25) is 0 Å². The Hall–Kier alpha value is -1.38. The SMILES string of the molecule is COc1ccc(Br)cc1C=C1SC(=S)N(CCCCCC(=O)O)C1=O. The Morgan fingerprint density at radius 1 is 1.40 bits per heavy atom. The number of methoxy groups -OCH3 is 1. The molecule has 8 heteroatoms. The highest BCUT2D eigenvalue weighted by Crippen LogP contribution is 2.35. The Balaban J connectivity index is 2.03. The molecule has 5 nitrogen and oxygen atoms in total. The van der Waals surface area contributed by atoms with Crippen molar-refractivity contribution < 1.29 is 19.4 Å². The molecule has 1 saturated heterocycles. The molecule has 1 heterocycles. The van der Waals surface area contributed by atoms with E-state index < -0.39 is 5.97 Å².